The third kappa shape index (κ3) is 3.38. The second kappa shape index (κ2) is 7.53. The van der Waals surface area contributed by atoms with Gasteiger partial charge in [-0.3, -0.25) is 4.79 Å². The van der Waals surface area contributed by atoms with Gasteiger partial charge in [-0.25, -0.2) is 0 Å². The number of fused-ring (bicyclic) bond motifs is 1. The van der Waals surface area contributed by atoms with Crippen molar-refractivity contribution in [3.63, 3.8) is 0 Å². The summed E-state index contributed by atoms with van der Waals surface area (Å²) in [5.41, 5.74) is 2.13. The Kier molecular flexibility index (Phi) is 4.72. The number of rotatable bonds is 4. The van der Waals surface area contributed by atoms with Gasteiger partial charge in [0, 0.05) is 25.3 Å². The summed E-state index contributed by atoms with van der Waals surface area (Å²) >= 11 is 0. The normalized spacial score (nSPS) is 19.0. The number of likely N-dealkylation sites (tertiary alicyclic amines) is 1. The molecule has 29 heavy (non-hydrogen) atoms. The van der Waals surface area contributed by atoms with Crippen LogP contribution in [-0.4, -0.2) is 42.6 Å². The lowest BCUT2D eigenvalue weighted by Crippen LogP contribution is -2.56. The molecule has 0 atom stereocenters. The van der Waals surface area contributed by atoms with E-state index in [2.05, 4.69) is 69.7 Å². The van der Waals surface area contributed by atoms with Crippen LogP contribution in [0.2, 0.25) is 0 Å². The van der Waals surface area contributed by atoms with E-state index in [-0.39, 0.29) is 11.4 Å². The fourth-order valence-corrected chi connectivity index (χ4v) is 4.86. The van der Waals surface area contributed by atoms with Crippen molar-refractivity contribution in [3.8, 4) is 0 Å². The van der Waals surface area contributed by atoms with Crippen molar-refractivity contribution in [1.82, 2.24) is 10.2 Å². The van der Waals surface area contributed by atoms with Crippen molar-refractivity contribution in [1.29, 1.82) is 0 Å². The van der Waals surface area contributed by atoms with Gasteiger partial charge in [0.05, 0.1) is 6.67 Å². The minimum atomic E-state index is -0.388. The van der Waals surface area contributed by atoms with Gasteiger partial charge in [0.15, 0.2) is 0 Å². The maximum Gasteiger partial charge on any atom is 0.247 e. The lowest BCUT2D eigenvalue weighted by atomic mass is 9.85. The zero-order valence-corrected chi connectivity index (χ0v) is 16.7. The van der Waals surface area contributed by atoms with E-state index in [4.69, 9.17) is 0 Å². The van der Waals surface area contributed by atoms with Gasteiger partial charge < -0.3 is 15.1 Å². The summed E-state index contributed by atoms with van der Waals surface area (Å²) in [6.45, 7) is 3.58. The maximum atomic E-state index is 12.8. The molecule has 2 aliphatic heterocycles. The number of hydrogen-bond acceptors (Lipinski definition) is 3. The van der Waals surface area contributed by atoms with E-state index in [0.29, 0.717) is 6.67 Å². The third-order valence-corrected chi connectivity index (χ3v) is 6.62. The van der Waals surface area contributed by atoms with Gasteiger partial charge in [0.25, 0.3) is 0 Å². The van der Waals surface area contributed by atoms with Gasteiger partial charge in [-0.2, -0.15) is 0 Å². The monoisotopic (exact) mass is 385 g/mol. The second-order valence-corrected chi connectivity index (χ2v) is 8.23. The van der Waals surface area contributed by atoms with Crippen LogP contribution in [0.4, 0.5) is 5.69 Å². The number of nitrogens with zero attached hydrogens (tertiary/aromatic N) is 2. The molecule has 0 radical (unpaired) electrons. The quantitative estimate of drug-likeness (QED) is 0.742. The van der Waals surface area contributed by atoms with Gasteiger partial charge in [-0.05, 0) is 47.7 Å². The number of carbonyl (C=O) groups is 1. The zero-order valence-electron chi connectivity index (χ0n) is 16.7. The van der Waals surface area contributed by atoms with Crippen molar-refractivity contribution in [2.45, 2.75) is 24.8 Å². The number of carbonyl (C=O) groups excluding carboxylic acids is 1. The molecule has 2 aliphatic rings. The number of anilines is 1. The Balaban J connectivity index is 1.24. The minimum Gasteiger partial charge on any atom is -0.339 e. The van der Waals surface area contributed by atoms with Crippen molar-refractivity contribution in [2.75, 3.05) is 31.2 Å². The highest BCUT2D eigenvalue weighted by atomic mass is 16.2. The van der Waals surface area contributed by atoms with Gasteiger partial charge in [-0.15, -0.1) is 0 Å². The fourth-order valence-electron chi connectivity index (χ4n) is 4.86. The van der Waals surface area contributed by atoms with Crippen LogP contribution in [0, 0.1) is 0 Å². The molecule has 0 bridgehead atoms. The lowest BCUT2D eigenvalue weighted by molar-refractivity contribution is -0.125. The van der Waals surface area contributed by atoms with Crippen molar-refractivity contribution < 1.29 is 4.79 Å². The molecule has 3 aromatic rings. The first kappa shape index (κ1) is 18.2. The predicted octanol–water partition coefficient (Wildman–Crippen LogP) is 3.81. The van der Waals surface area contributed by atoms with Crippen molar-refractivity contribution >= 4 is 22.4 Å². The predicted molar refractivity (Wildman–Crippen MR) is 118 cm³/mol. The smallest absolute Gasteiger partial charge is 0.247 e. The Bertz CT molecular complexity index is 1010. The summed E-state index contributed by atoms with van der Waals surface area (Å²) in [5.74, 6) is 0.190. The first-order chi connectivity index (χ1) is 14.2. The van der Waals surface area contributed by atoms with Crippen LogP contribution in [0.25, 0.3) is 10.8 Å². The topological polar surface area (TPSA) is 35.6 Å². The van der Waals surface area contributed by atoms with Crippen LogP contribution in [0.15, 0.2) is 72.8 Å². The van der Waals surface area contributed by atoms with Gasteiger partial charge in [0.1, 0.15) is 5.54 Å². The SMILES string of the molecule is O=C1NCN(c2ccccc2)C12CCN(CCc1ccc3ccccc3c1)CC2. The molecule has 1 spiro atoms. The molecule has 0 unspecified atom stereocenters. The molecule has 0 aromatic heterocycles. The van der Waals surface area contributed by atoms with Crippen molar-refractivity contribution in [3.05, 3.63) is 78.4 Å². The molecule has 4 heteroatoms. The van der Waals surface area contributed by atoms with E-state index in [1.807, 2.05) is 18.2 Å². The van der Waals surface area contributed by atoms with Crippen LogP contribution in [0.5, 0.6) is 0 Å². The number of piperidine rings is 1. The van der Waals surface area contributed by atoms with Gasteiger partial charge in [-0.1, -0.05) is 60.7 Å². The number of hydrogen-bond donors (Lipinski definition) is 1. The molecule has 2 saturated heterocycles. The zero-order chi connectivity index (χ0) is 19.7. The summed E-state index contributed by atoms with van der Waals surface area (Å²) in [6.07, 6.45) is 2.81. The summed E-state index contributed by atoms with van der Waals surface area (Å²) < 4.78 is 0. The van der Waals surface area contributed by atoms with Crippen LogP contribution in [-0.2, 0) is 11.2 Å². The summed E-state index contributed by atoms with van der Waals surface area (Å²) in [5, 5.41) is 5.69. The molecular formula is C25H27N3O. The van der Waals surface area contributed by atoms with E-state index < -0.39 is 0 Å². The standard InChI is InChI=1S/C25H27N3O/c29-24-25(28(19-26-24)23-8-2-1-3-9-23)13-16-27(17-14-25)15-12-20-10-11-21-6-4-5-7-22(21)18-20/h1-11,18H,12-17,19H2,(H,26,29). The average Bonchev–Trinajstić information content (AvgIpc) is 3.09. The summed E-state index contributed by atoms with van der Waals surface area (Å²) in [7, 11) is 0. The van der Waals surface area contributed by atoms with Crippen LogP contribution in [0.3, 0.4) is 0 Å². The largest absolute Gasteiger partial charge is 0.339 e. The molecule has 3 aromatic carbocycles. The third-order valence-electron chi connectivity index (χ3n) is 6.62. The lowest BCUT2D eigenvalue weighted by Gasteiger charge is -2.43. The molecule has 0 saturated carbocycles. The fraction of sp³-hybridized carbons (Fsp3) is 0.320. The van der Waals surface area contributed by atoms with E-state index in [0.717, 1.165) is 44.6 Å². The summed E-state index contributed by atoms with van der Waals surface area (Å²) in [4.78, 5) is 17.6. The molecule has 1 amide bonds. The molecular weight excluding hydrogens is 358 g/mol. The van der Waals surface area contributed by atoms with Crippen LogP contribution < -0.4 is 10.2 Å². The first-order valence-corrected chi connectivity index (χ1v) is 10.6. The van der Waals surface area contributed by atoms with E-state index >= 15 is 0 Å². The second-order valence-electron chi connectivity index (χ2n) is 8.23. The Labute approximate surface area is 172 Å². The molecule has 5 rings (SSSR count). The summed E-state index contributed by atoms with van der Waals surface area (Å²) in [6, 6.07) is 25.6. The highest BCUT2D eigenvalue weighted by Crippen LogP contribution is 2.36. The Hall–Kier alpha value is -2.85. The Morgan fingerprint density at radius 1 is 0.862 bits per heavy atom. The number of benzene rings is 3. The minimum absolute atomic E-state index is 0.190. The molecule has 0 aliphatic carbocycles. The average molecular weight is 386 g/mol. The van der Waals surface area contributed by atoms with Crippen LogP contribution in [0.1, 0.15) is 18.4 Å². The number of para-hydroxylation sites is 1. The van der Waals surface area contributed by atoms with E-state index in [9.17, 15) is 4.79 Å². The molecule has 148 valence electrons. The number of nitrogens with one attached hydrogen (secondary N) is 1. The van der Waals surface area contributed by atoms with Gasteiger partial charge >= 0.3 is 0 Å². The molecule has 1 N–H and O–H groups in total. The van der Waals surface area contributed by atoms with E-state index in [1.54, 1.807) is 0 Å². The van der Waals surface area contributed by atoms with Crippen LogP contribution >= 0.6 is 0 Å². The van der Waals surface area contributed by atoms with Gasteiger partial charge in [0.2, 0.25) is 5.91 Å². The number of amides is 1. The van der Waals surface area contributed by atoms with E-state index in [1.165, 1.54) is 16.3 Å². The molecule has 2 fully saturated rings. The Morgan fingerprint density at radius 2 is 1.59 bits per heavy atom. The molecule has 4 nitrogen and oxygen atoms in total. The Morgan fingerprint density at radius 3 is 2.38 bits per heavy atom. The first-order valence-electron chi connectivity index (χ1n) is 10.6. The van der Waals surface area contributed by atoms with Crippen molar-refractivity contribution in [2.24, 2.45) is 0 Å². The maximum absolute atomic E-state index is 12.8. The highest BCUT2D eigenvalue weighted by molar-refractivity contribution is 5.93. The molecule has 2 heterocycles. The highest BCUT2D eigenvalue weighted by Gasteiger charge is 2.50.